The maximum Gasteiger partial charge on any atom is 0.335 e. The van der Waals surface area contributed by atoms with E-state index in [1.807, 2.05) is 12.1 Å². The third-order valence-electron chi connectivity index (χ3n) is 8.73. The smallest absolute Gasteiger partial charge is 0.335 e. The second kappa shape index (κ2) is 22.7. The summed E-state index contributed by atoms with van der Waals surface area (Å²) in [6.45, 7) is 18.2. The minimum Gasteiger partial charge on any atom is -0.507 e. The highest BCUT2D eigenvalue weighted by Crippen LogP contribution is 2.53. The fraction of sp³-hybridized carbons (Fsp3) is 0.846. The summed E-state index contributed by atoms with van der Waals surface area (Å²) in [4.78, 5) is 0. The maximum absolute atomic E-state index is 14.2. The second-order valence-corrected chi connectivity index (χ2v) is 17.4. The summed E-state index contributed by atoms with van der Waals surface area (Å²) >= 11 is 0. The van der Waals surface area contributed by atoms with Crippen molar-refractivity contribution in [3.8, 4) is 5.75 Å². The second-order valence-electron chi connectivity index (χ2n) is 15.3. The molecule has 4 nitrogen and oxygen atoms in total. The van der Waals surface area contributed by atoms with Crippen molar-refractivity contribution < 1.29 is 18.7 Å². The molecule has 0 heterocycles. The Kier molecular flexibility index (Phi) is 21.2. The van der Waals surface area contributed by atoms with Crippen LogP contribution < -0.4 is 0 Å². The van der Waals surface area contributed by atoms with Gasteiger partial charge in [0.25, 0.3) is 0 Å². The zero-order valence-corrected chi connectivity index (χ0v) is 31.4. The van der Waals surface area contributed by atoms with Crippen LogP contribution in [0, 0.1) is 0 Å². The van der Waals surface area contributed by atoms with Gasteiger partial charge in [-0.2, -0.15) is 0 Å². The highest BCUT2D eigenvalue weighted by molar-refractivity contribution is 7.53. The molecule has 0 saturated heterocycles. The third-order valence-corrected chi connectivity index (χ3v) is 10.6. The fourth-order valence-electron chi connectivity index (χ4n) is 5.87. The van der Waals surface area contributed by atoms with Gasteiger partial charge in [0.2, 0.25) is 0 Å². The van der Waals surface area contributed by atoms with Crippen molar-refractivity contribution in [1.29, 1.82) is 0 Å². The summed E-state index contributed by atoms with van der Waals surface area (Å²) in [5, 5.41) is 11.2. The monoisotopic (exact) mass is 637 g/mol. The number of phenolic OH excluding ortho intramolecular Hbond substituents is 1. The van der Waals surface area contributed by atoms with Gasteiger partial charge in [-0.3, -0.25) is 4.57 Å². The molecule has 0 saturated carbocycles. The topological polar surface area (TPSA) is 55.8 Å². The molecule has 0 radical (unpaired) electrons. The molecular formula is C39H73O4P. The Labute approximate surface area is 274 Å². The van der Waals surface area contributed by atoms with Gasteiger partial charge in [0.15, 0.2) is 0 Å². The van der Waals surface area contributed by atoms with E-state index in [0.717, 1.165) is 42.4 Å². The molecule has 0 aliphatic rings. The molecule has 0 aliphatic heterocycles. The number of benzene rings is 1. The lowest BCUT2D eigenvalue weighted by Gasteiger charge is -2.29. The lowest BCUT2D eigenvalue weighted by Crippen LogP contribution is -2.18. The summed E-state index contributed by atoms with van der Waals surface area (Å²) in [5.41, 5.74) is 2.22. The van der Waals surface area contributed by atoms with Crippen molar-refractivity contribution in [3.63, 3.8) is 0 Å². The maximum atomic E-state index is 14.2. The van der Waals surface area contributed by atoms with Crippen LogP contribution in [0.1, 0.15) is 200 Å². The summed E-state index contributed by atoms with van der Waals surface area (Å²) in [7, 11) is -3.34. The van der Waals surface area contributed by atoms with Crippen LogP contribution in [0.4, 0.5) is 0 Å². The molecule has 0 amide bonds. The van der Waals surface area contributed by atoms with Crippen LogP contribution >= 0.6 is 7.60 Å². The molecule has 0 aliphatic carbocycles. The van der Waals surface area contributed by atoms with Crippen molar-refractivity contribution in [3.05, 3.63) is 28.8 Å². The Hall–Kier alpha value is -0.830. The number of hydrogen-bond acceptors (Lipinski definition) is 4. The molecule has 0 atom stereocenters. The molecule has 0 unspecified atom stereocenters. The van der Waals surface area contributed by atoms with Gasteiger partial charge in [-0.1, -0.05) is 183 Å². The third kappa shape index (κ3) is 18.3. The molecule has 1 aromatic carbocycles. The van der Waals surface area contributed by atoms with Crippen molar-refractivity contribution in [2.45, 2.75) is 201 Å². The van der Waals surface area contributed by atoms with E-state index in [4.69, 9.17) is 9.05 Å². The molecule has 44 heavy (non-hydrogen) atoms. The molecule has 258 valence electrons. The van der Waals surface area contributed by atoms with Gasteiger partial charge in [0.05, 0.1) is 19.4 Å². The van der Waals surface area contributed by atoms with E-state index in [2.05, 4.69) is 55.4 Å². The van der Waals surface area contributed by atoms with E-state index in [1.165, 1.54) is 103 Å². The molecule has 0 fully saturated rings. The van der Waals surface area contributed by atoms with E-state index in [1.54, 1.807) is 0 Å². The van der Waals surface area contributed by atoms with Crippen LogP contribution in [0.15, 0.2) is 12.1 Å². The lowest BCUT2D eigenvalue weighted by molar-refractivity contribution is 0.196. The zero-order valence-electron chi connectivity index (χ0n) is 30.5. The Morgan fingerprint density at radius 3 is 1.14 bits per heavy atom. The minimum atomic E-state index is -3.34. The average molecular weight is 637 g/mol. The number of rotatable bonds is 26. The quantitative estimate of drug-likeness (QED) is 0.0812. The zero-order chi connectivity index (χ0) is 32.9. The van der Waals surface area contributed by atoms with Gasteiger partial charge in [-0.05, 0) is 40.4 Å². The van der Waals surface area contributed by atoms with Crippen LogP contribution in [-0.4, -0.2) is 18.3 Å². The molecule has 1 rings (SSSR count). The van der Waals surface area contributed by atoms with Crippen molar-refractivity contribution in [1.82, 2.24) is 0 Å². The van der Waals surface area contributed by atoms with Gasteiger partial charge in [0, 0.05) is 0 Å². The predicted molar refractivity (Wildman–Crippen MR) is 192 cm³/mol. The first kappa shape index (κ1) is 41.2. The number of phenols is 1. The largest absolute Gasteiger partial charge is 0.507 e. The van der Waals surface area contributed by atoms with Crippen LogP contribution in [0.25, 0.3) is 0 Å². The molecule has 5 heteroatoms. The predicted octanol–water partition coefficient (Wildman–Crippen LogP) is 13.6. The molecule has 0 aromatic heterocycles. The van der Waals surface area contributed by atoms with Gasteiger partial charge in [-0.25, -0.2) is 0 Å². The summed E-state index contributed by atoms with van der Waals surface area (Å²) < 4.78 is 26.5. The van der Waals surface area contributed by atoms with E-state index < -0.39 is 7.60 Å². The summed E-state index contributed by atoms with van der Waals surface area (Å²) in [6.07, 6.45) is 25.4. The summed E-state index contributed by atoms with van der Waals surface area (Å²) in [6, 6.07) is 4.04. The Bertz CT molecular complexity index is 847. The SMILES string of the molecule is CCCCCCCCCCCCOP(=O)(Cc1cc(C(C)(C)C)c(O)c(C(C)(C)C)c1)OCCCCCCCCCCCC. The first-order valence-corrected chi connectivity index (χ1v) is 20.3. The normalized spacial score (nSPS) is 12.7. The number of unbranched alkanes of at least 4 members (excludes halogenated alkanes) is 18. The fourth-order valence-corrected chi connectivity index (χ4v) is 7.57. The first-order valence-electron chi connectivity index (χ1n) is 18.6. The van der Waals surface area contributed by atoms with Crippen LogP contribution in [0.3, 0.4) is 0 Å². The van der Waals surface area contributed by atoms with Crippen LogP contribution in [-0.2, 0) is 30.6 Å². The standard InChI is InChI=1S/C39H73O4P/c1-9-11-13-15-17-19-21-23-25-27-29-42-44(41,43-30-28-26-24-22-20-18-16-14-12-10-2)33-34-31-35(38(3,4)5)37(40)36(32-34)39(6,7)8/h31-32,40H,9-30,33H2,1-8H3. The van der Waals surface area contributed by atoms with Crippen LogP contribution in [0.5, 0.6) is 5.75 Å². The van der Waals surface area contributed by atoms with E-state index in [9.17, 15) is 9.67 Å². The molecule has 0 bridgehead atoms. The summed E-state index contributed by atoms with van der Waals surface area (Å²) in [5.74, 6) is 0.348. The Morgan fingerprint density at radius 1 is 0.545 bits per heavy atom. The highest BCUT2D eigenvalue weighted by Gasteiger charge is 2.30. The number of hydrogen-bond donors (Lipinski definition) is 1. The molecular weight excluding hydrogens is 563 g/mol. The van der Waals surface area contributed by atoms with Crippen molar-refractivity contribution >= 4 is 7.60 Å². The van der Waals surface area contributed by atoms with Gasteiger partial charge in [0.1, 0.15) is 5.75 Å². The van der Waals surface area contributed by atoms with Gasteiger partial charge in [-0.15, -0.1) is 0 Å². The molecule has 1 N–H and O–H groups in total. The Balaban J connectivity index is 2.75. The number of aromatic hydroxyl groups is 1. The molecule has 0 spiro atoms. The minimum absolute atomic E-state index is 0.238. The van der Waals surface area contributed by atoms with E-state index >= 15 is 0 Å². The van der Waals surface area contributed by atoms with Crippen molar-refractivity contribution in [2.75, 3.05) is 13.2 Å². The Morgan fingerprint density at radius 2 is 0.841 bits per heavy atom. The van der Waals surface area contributed by atoms with Gasteiger partial charge >= 0.3 is 7.60 Å². The van der Waals surface area contributed by atoms with Gasteiger partial charge < -0.3 is 14.2 Å². The first-order chi connectivity index (χ1) is 20.8. The van der Waals surface area contributed by atoms with E-state index in [-0.39, 0.29) is 17.0 Å². The van der Waals surface area contributed by atoms with Crippen LogP contribution in [0.2, 0.25) is 0 Å². The van der Waals surface area contributed by atoms with E-state index in [0.29, 0.717) is 19.0 Å². The lowest BCUT2D eigenvalue weighted by atomic mass is 9.78. The van der Waals surface area contributed by atoms with Crippen molar-refractivity contribution in [2.24, 2.45) is 0 Å². The highest BCUT2D eigenvalue weighted by atomic mass is 31.2. The average Bonchev–Trinajstić information content (AvgIpc) is 2.94. The molecule has 1 aromatic rings.